The average molecular weight is 367 g/mol. The van der Waals surface area contributed by atoms with Gasteiger partial charge in [-0.3, -0.25) is 0 Å². The molecule has 1 atom stereocenters. The summed E-state index contributed by atoms with van der Waals surface area (Å²) in [6.45, 7) is 4.03. The lowest BCUT2D eigenvalue weighted by atomic mass is 10.1. The second-order valence-corrected chi connectivity index (χ2v) is 6.92. The Morgan fingerprint density at radius 1 is 1.19 bits per heavy atom. The first-order valence-corrected chi connectivity index (χ1v) is 8.59. The standard InChI is InChI=1S/C16H19BrN2OS/c1-11(2)20-14-6-3-12(4-7-14)15(18)10-21-16-8-5-13(17)9-19-16/h3-9,11,15H,10,18H2,1-2H3. The van der Waals surface area contributed by atoms with Crippen molar-refractivity contribution >= 4 is 27.7 Å². The van der Waals surface area contributed by atoms with Crippen LogP contribution in [0.15, 0.2) is 52.1 Å². The topological polar surface area (TPSA) is 48.1 Å². The van der Waals surface area contributed by atoms with Crippen LogP contribution in [0, 0.1) is 0 Å². The van der Waals surface area contributed by atoms with E-state index in [0.29, 0.717) is 0 Å². The van der Waals surface area contributed by atoms with Gasteiger partial charge in [0.05, 0.1) is 11.1 Å². The van der Waals surface area contributed by atoms with Gasteiger partial charge >= 0.3 is 0 Å². The Morgan fingerprint density at radius 3 is 2.48 bits per heavy atom. The van der Waals surface area contributed by atoms with E-state index in [1.807, 2.05) is 50.2 Å². The SMILES string of the molecule is CC(C)Oc1ccc(C(N)CSc2ccc(Br)cn2)cc1. The second-order valence-electron chi connectivity index (χ2n) is 4.97. The Hall–Kier alpha value is -1.04. The summed E-state index contributed by atoms with van der Waals surface area (Å²) in [6.07, 6.45) is 1.98. The molecule has 1 unspecified atom stereocenters. The molecule has 0 saturated heterocycles. The maximum absolute atomic E-state index is 6.23. The van der Waals surface area contributed by atoms with E-state index in [1.54, 1.807) is 18.0 Å². The predicted molar refractivity (Wildman–Crippen MR) is 91.8 cm³/mol. The number of thioether (sulfide) groups is 1. The number of ether oxygens (including phenoxy) is 1. The highest BCUT2D eigenvalue weighted by molar-refractivity contribution is 9.10. The minimum atomic E-state index is -0.0199. The summed E-state index contributed by atoms with van der Waals surface area (Å²) in [5, 5.41) is 0.980. The lowest BCUT2D eigenvalue weighted by molar-refractivity contribution is 0.242. The molecule has 2 aromatic rings. The van der Waals surface area contributed by atoms with E-state index in [9.17, 15) is 0 Å². The Morgan fingerprint density at radius 2 is 1.90 bits per heavy atom. The molecule has 0 bridgehead atoms. The molecule has 2 rings (SSSR count). The van der Waals surface area contributed by atoms with Crippen molar-refractivity contribution in [3.05, 3.63) is 52.6 Å². The number of rotatable bonds is 6. The van der Waals surface area contributed by atoms with Crippen molar-refractivity contribution in [3.63, 3.8) is 0 Å². The normalized spacial score (nSPS) is 12.4. The molecule has 2 N–H and O–H groups in total. The molecule has 0 fully saturated rings. The summed E-state index contributed by atoms with van der Waals surface area (Å²) in [4.78, 5) is 4.33. The minimum absolute atomic E-state index is 0.0199. The summed E-state index contributed by atoms with van der Waals surface area (Å²) in [7, 11) is 0. The lowest BCUT2D eigenvalue weighted by Crippen LogP contribution is -2.13. The van der Waals surface area contributed by atoms with Crippen molar-refractivity contribution in [2.45, 2.75) is 31.0 Å². The number of hydrogen-bond acceptors (Lipinski definition) is 4. The number of nitrogens with two attached hydrogens (primary N) is 1. The number of aromatic nitrogens is 1. The largest absolute Gasteiger partial charge is 0.491 e. The van der Waals surface area contributed by atoms with Crippen molar-refractivity contribution in [3.8, 4) is 5.75 Å². The van der Waals surface area contributed by atoms with Gasteiger partial charge < -0.3 is 10.5 Å². The fraction of sp³-hybridized carbons (Fsp3) is 0.312. The molecule has 0 aliphatic carbocycles. The van der Waals surface area contributed by atoms with Crippen molar-refractivity contribution < 1.29 is 4.74 Å². The first-order chi connectivity index (χ1) is 10.0. The monoisotopic (exact) mass is 366 g/mol. The molecule has 112 valence electrons. The van der Waals surface area contributed by atoms with Gasteiger partial charge in [0.25, 0.3) is 0 Å². The molecule has 0 aliphatic rings. The van der Waals surface area contributed by atoms with E-state index >= 15 is 0 Å². The third-order valence-corrected chi connectivity index (χ3v) is 4.32. The maximum Gasteiger partial charge on any atom is 0.119 e. The first-order valence-electron chi connectivity index (χ1n) is 6.81. The van der Waals surface area contributed by atoms with Gasteiger partial charge in [-0.05, 0) is 59.6 Å². The smallest absolute Gasteiger partial charge is 0.119 e. The van der Waals surface area contributed by atoms with Gasteiger partial charge in [-0.1, -0.05) is 12.1 Å². The van der Waals surface area contributed by atoms with Crippen LogP contribution in [0.3, 0.4) is 0 Å². The third kappa shape index (κ3) is 5.34. The zero-order chi connectivity index (χ0) is 15.2. The predicted octanol–water partition coefficient (Wildman–Crippen LogP) is 4.42. The summed E-state index contributed by atoms with van der Waals surface area (Å²) < 4.78 is 6.61. The molecule has 1 aromatic carbocycles. The van der Waals surface area contributed by atoms with Crippen LogP contribution in [0.25, 0.3) is 0 Å². The van der Waals surface area contributed by atoms with E-state index in [0.717, 1.165) is 26.6 Å². The molecule has 0 spiro atoms. The Kier molecular flexibility index (Phi) is 6.08. The molecule has 1 heterocycles. The number of nitrogens with zero attached hydrogens (tertiary/aromatic N) is 1. The lowest BCUT2D eigenvalue weighted by Gasteiger charge is -2.13. The number of pyridine rings is 1. The van der Waals surface area contributed by atoms with Gasteiger partial charge in [0, 0.05) is 22.5 Å². The molecule has 21 heavy (non-hydrogen) atoms. The minimum Gasteiger partial charge on any atom is -0.491 e. The van der Waals surface area contributed by atoms with E-state index in [-0.39, 0.29) is 12.1 Å². The Balaban J connectivity index is 1.90. The van der Waals surface area contributed by atoms with Crippen LogP contribution in [0.2, 0.25) is 0 Å². The van der Waals surface area contributed by atoms with Gasteiger partial charge in [0.2, 0.25) is 0 Å². The van der Waals surface area contributed by atoms with Crippen LogP contribution in [0.5, 0.6) is 5.75 Å². The molecule has 5 heteroatoms. The van der Waals surface area contributed by atoms with E-state index in [4.69, 9.17) is 10.5 Å². The highest BCUT2D eigenvalue weighted by Crippen LogP contribution is 2.24. The summed E-state index contributed by atoms with van der Waals surface area (Å²) in [5.74, 6) is 1.67. The fourth-order valence-corrected chi connectivity index (χ4v) is 2.85. The quantitative estimate of drug-likeness (QED) is 0.768. The molecular formula is C16H19BrN2OS. The van der Waals surface area contributed by atoms with E-state index in [2.05, 4.69) is 20.9 Å². The van der Waals surface area contributed by atoms with Crippen LogP contribution in [0.4, 0.5) is 0 Å². The molecular weight excluding hydrogens is 348 g/mol. The van der Waals surface area contributed by atoms with Gasteiger partial charge in [-0.25, -0.2) is 4.98 Å². The highest BCUT2D eigenvalue weighted by atomic mass is 79.9. The van der Waals surface area contributed by atoms with Crippen molar-refractivity contribution in [2.75, 3.05) is 5.75 Å². The van der Waals surface area contributed by atoms with Gasteiger partial charge in [0.1, 0.15) is 5.75 Å². The van der Waals surface area contributed by atoms with Gasteiger partial charge in [0.15, 0.2) is 0 Å². The van der Waals surface area contributed by atoms with Crippen LogP contribution < -0.4 is 10.5 Å². The molecule has 0 aliphatic heterocycles. The van der Waals surface area contributed by atoms with Crippen molar-refractivity contribution in [2.24, 2.45) is 5.73 Å². The summed E-state index contributed by atoms with van der Waals surface area (Å²) in [5.41, 5.74) is 7.33. The molecule has 0 amide bonds. The second kappa shape index (κ2) is 7.82. The Labute approximate surface area is 138 Å². The number of hydrogen-bond donors (Lipinski definition) is 1. The van der Waals surface area contributed by atoms with Crippen molar-refractivity contribution in [1.82, 2.24) is 4.98 Å². The molecule has 3 nitrogen and oxygen atoms in total. The molecule has 1 aromatic heterocycles. The van der Waals surface area contributed by atoms with Gasteiger partial charge in [-0.2, -0.15) is 0 Å². The molecule has 0 radical (unpaired) electrons. The van der Waals surface area contributed by atoms with Crippen LogP contribution in [-0.2, 0) is 0 Å². The van der Waals surface area contributed by atoms with Gasteiger partial charge in [-0.15, -0.1) is 11.8 Å². The number of halogens is 1. The molecule has 0 saturated carbocycles. The van der Waals surface area contributed by atoms with E-state index < -0.39 is 0 Å². The number of benzene rings is 1. The maximum atomic E-state index is 6.23. The zero-order valence-electron chi connectivity index (χ0n) is 12.1. The third-order valence-electron chi connectivity index (χ3n) is 2.79. The zero-order valence-corrected chi connectivity index (χ0v) is 14.5. The summed E-state index contributed by atoms with van der Waals surface area (Å²) in [6, 6.07) is 11.9. The van der Waals surface area contributed by atoms with Crippen LogP contribution >= 0.6 is 27.7 Å². The summed E-state index contributed by atoms with van der Waals surface area (Å²) >= 11 is 5.04. The highest BCUT2D eigenvalue weighted by Gasteiger charge is 2.08. The van der Waals surface area contributed by atoms with Crippen LogP contribution in [0.1, 0.15) is 25.5 Å². The Bertz CT molecular complexity index is 557. The fourth-order valence-electron chi connectivity index (χ4n) is 1.78. The average Bonchev–Trinajstić information content (AvgIpc) is 2.46. The first kappa shape index (κ1) is 16.3. The van der Waals surface area contributed by atoms with Crippen molar-refractivity contribution in [1.29, 1.82) is 0 Å². The van der Waals surface area contributed by atoms with E-state index in [1.165, 1.54) is 0 Å². The van der Waals surface area contributed by atoms with Crippen LogP contribution in [-0.4, -0.2) is 16.8 Å².